The van der Waals surface area contributed by atoms with Crippen molar-refractivity contribution in [3.05, 3.63) is 11.6 Å². The summed E-state index contributed by atoms with van der Waals surface area (Å²) in [4.78, 5) is 28.3. The minimum Gasteiger partial charge on any atom is -0.342 e. The van der Waals surface area contributed by atoms with Crippen LogP contribution in [0.4, 0.5) is 0 Å². The van der Waals surface area contributed by atoms with Gasteiger partial charge in [-0.25, -0.2) is 8.42 Å². The van der Waals surface area contributed by atoms with E-state index in [2.05, 4.69) is 6.08 Å². The van der Waals surface area contributed by atoms with Crippen LogP contribution in [0.25, 0.3) is 0 Å². The molecular weight excluding hydrogens is 340 g/mol. The normalized spacial score (nSPS) is 28.9. The van der Waals surface area contributed by atoms with E-state index in [-0.39, 0.29) is 41.7 Å². The van der Waals surface area contributed by atoms with Gasteiger partial charge < -0.3 is 9.80 Å². The highest BCUT2D eigenvalue weighted by Gasteiger charge is 2.39. The Labute approximate surface area is 150 Å². The van der Waals surface area contributed by atoms with Crippen LogP contribution in [0.15, 0.2) is 11.6 Å². The third kappa shape index (κ3) is 4.43. The highest BCUT2D eigenvalue weighted by molar-refractivity contribution is 7.91. The van der Waals surface area contributed by atoms with E-state index in [0.29, 0.717) is 19.5 Å². The van der Waals surface area contributed by atoms with Gasteiger partial charge in [0.05, 0.1) is 17.4 Å². The molecule has 3 aliphatic rings. The molecule has 2 heterocycles. The van der Waals surface area contributed by atoms with Crippen molar-refractivity contribution in [2.75, 3.05) is 31.6 Å². The Bertz CT molecular complexity index is 671. The molecule has 0 aromatic rings. The average Bonchev–Trinajstić information content (AvgIpc) is 3.15. The lowest BCUT2D eigenvalue weighted by atomic mass is 9.97. The molecule has 0 N–H and O–H groups in total. The first-order valence-corrected chi connectivity index (χ1v) is 11.1. The highest BCUT2D eigenvalue weighted by atomic mass is 32.2. The van der Waals surface area contributed by atoms with Crippen LogP contribution in [-0.4, -0.2) is 67.7 Å². The molecule has 0 aromatic carbocycles. The molecule has 25 heavy (non-hydrogen) atoms. The summed E-state index contributed by atoms with van der Waals surface area (Å²) in [5.74, 6) is -0.174. The number of sulfone groups is 1. The molecule has 2 amide bonds. The zero-order valence-electron chi connectivity index (χ0n) is 14.9. The zero-order valence-corrected chi connectivity index (χ0v) is 15.8. The van der Waals surface area contributed by atoms with E-state index in [0.717, 1.165) is 19.3 Å². The van der Waals surface area contributed by atoms with Gasteiger partial charge in [-0.05, 0) is 38.5 Å². The maximum atomic E-state index is 12.7. The van der Waals surface area contributed by atoms with E-state index in [1.165, 1.54) is 18.4 Å². The Morgan fingerprint density at radius 2 is 2.16 bits per heavy atom. The number of hydrogen-bond acceptors (Lipinski definition) is 4. The van der Waals surface area contributed by atoms with Crippen LogP contribution in [0.3, 0.4) is 0 Å². The largest absolute Gasteiger partial charge is 0.342 e. The van der Waals surface area contributed by atoms with Gasteiger partial charge in [-0.15, -0.1) is 0 Å². The van der Waals surface area contributed by atoms with Gasteiger partial charge in [-0.2, -0.15) is 0 Å². The minimum atomic E-state index is -3.02. The Hall–Kier alpha value is -1.37. The summed E-state index contributed by atoms with van der Waals surface area (Å²) in [6.07, 6.45) is 8.71. The van der Waals surface area contributed by atoms with E-state index in [1.54, 1.807) is 16.8 Å². The van der Waals surface area contributed by atoms with Crippen LogP contribution in [0.2, 0.25) is 0 Å². The zero-order chi connectivity index (χ0) is 18.0. The molecule has 0 radical (unpaired) electrons. The second-order valence-corrected chi connectivity index (χ2v) is 9.83. The predicted octanol–water partition coefficient (Wildman–Crippen LogP) is 1.37. The SMILES string of the molecule is CN(C(=O)C1CC(=O)N(CCC2=CCCCC2)C1)C1CCS(=O)(=O)C1. The monoisotopic (exact) mass is 368 g/mol. The van der Waals surface area contributed by atoms with Gasteiger partial charge in [0.1, 0.15) is 0 Å². The Morgan fingerprint density at radius 3 is 2.80 bits per heavy atom. The van der Waals surface area contributed by atoms with Gasteiger partial charge in [0, 0.05) is 32.6 Å². The number of allylic oxidation sites excluding steroid dienone is 1. The first kappa shape index (κ1) is 18.4. The second kappa shape index (κ2) is 7.48. The molecule has 0 saturated carbocycles. The number of nitrogens with zero attached hydrogens (tertiary/aromatic N) is 2. The molecule has 0 spiro atoms. The number of carbonyl (C=O) groups excluding carboxylic acids is 2. The smallest absolute Gasteiger partial charge is 0.228 e. The molecule has 2 unspecified atom stereocenters. The van der Waals surface area contributed by atoms with Crippen molar-refractivity contribution in [2.45, 2.75) is 51.0 Å². The third-order valence-electron chi connectivity index (χ3n) is 5.76. The standard InChI is InChI=1S/C18H28N2O4S/c1-19(16-8-10-25(23,24)13-16)18(22)15-11-17(21)20(12-15)9-7-14-5-3-2-4-6-14/h5,15-16H,2-4,6-13H2,1H3. The lowest BCUT2D eigenvalue weighted by Crippen LogP contribution is -2.42. The van der Waals surface area contributed by atoms with E-state index in [4.69, 9.17) is 0 Å². The van der Waals surface area contributed by atoms with Crippen LogP contribution < -0.4 is 0 Å². The maximum absolute atomic E-state index is 12.7. The molecule has 3 rings (SSSR count). The molecule has 6 nitrogen and oxygen atoms in total. The first-order chi connectivity index (χ1) is 11.9. The minimum absolute atomic E-state index is 0.0437. The average molecular weight is 368 g/mol. The van der Waals surface area contributed by atoms with Gasteiger partial charge >= 0.3 is 0 Å². The second-order valence-electron chi connectivity index (χ2n) is 7.60. The lowest BCUT2D eigenvalue weighted by molar-refractivity contribution is -0.136. The maximum Gasteiger partial charge on any atom is 0.228 e. The van der Waals surface area contributed by atoms with Gasteiger partial charge in [0.15, 0.2) is 9.84 Å². The van der Waals surface area contributed by atoms with Gasteiger partial charge in [0.25, 0.3) is 0 Å². The van der Waals surface area contributed by atoms with Crippen molar-refractivity contribution in [3.63, 3.8) is 0 Å². The Morgan fingerprint density at radius 1 is 1.36 bits per heavy atom. The fourth-order valence-electron chi connectivity index (χ4n) is 4.11. The van der Waals surface area contributed by atoms with E-state index < -0.39 is 9.84 Å². The van der Waals surface area contributed by atoms with Crippen LogP contribution in [0.1, 0.15) is 44.9 Å². The van der Waals surface area contributed by atoms with Crippen LogP contribution in [0, 0.1) is 5.92 Å². The van der Waals surface area contributed by atoms with E-state index >= 15 is 0 Å². The molecule has 0 bridgehead atoms. The summed E-state index contributed by atoms with van der Waals surface area (Å²) in [5.41, 5.74) is 1.43. The number of rotatable bonds is 5. The van der Waals surface area contributed by atoms with Gasteiger partial charge in [-0.3, -0.25) is 9.59 Å². The molecular formula is C18H28N2O4S. The molecule has 7 heteroatoms. The van der Waals surface area contributed by atoms with E-state index in [9.17, 15) is 18.0 Å². The third-order valence-corrected chi connectivity index (χ3v) is 7.51. The number of likely N-dealkylation sites (tertiary alicyclic amines) is 1. The van der Waals surface area contributed by atoms with Crippen molar-refractivity contribution in [2.24, 2.45) is 5.92 Å². The summed E-state index contributed by atoms with van der Waals surface area (Å²) in [5, 5.41) is 0. The Kier molecular flexibility index (Phi) is 5.51. The van der Waals surface area contributed by atoms with Crippen LogP contribution in [-0.2, 0) is 19.4 Å². The topological polar surface area (TPSA) is 74.8 Å². The molecule has 2 aliphatic heterocycles. The van der Waals surface area contributed by atoms with E-state index in [1.807, 2.05) is 0 Å². The van der Waals surface area contributed by atoms with Gasteiger partial charge in [-0.1, -0.05) is 11.6 Å². The summed E-state index contributed by atoms with van der Waals surface area (Å²) < 4.78 is 23.2. The summed E-state index contributed by atoms with van der Waals surface area (Å²) in [6.45, 7) is 1.16. The predicted molar refractivity (Wildman–Crippen MR) is 95.7 cm³/mol. The van der Waals surface area contributed by atoms with Crippen LogP contribution in [0.5, 0.6) is 0 Å². The molecule has 2 saturated heterocycles. The molecule has 2 fully saturated rings. The number of amides is 2. The summed E-state index contributed by atoms with van der Waals surface area (Å²) in [7, 11) is -1.34. The van der Waals surface area contributed by atoms with Crippen molar-refractivity contribution in [1.29, 1.82) is 0 Å². The summed E-state index contributed by atoms with van der Waals surface area (Å²) in [6, 6.07) is -0.242. The Balaban J connectivity index is 1.52. The quantitative estimate of drug-likeness (QED) is 0.687. The van der Waals surface area contributed by atoms with Crippen molar-refractivity contribution < 1.29 is 18.0 Å². The lowest BCUT2D eigenvalue weighted by Gasteiger charge is -2.26. The summed E-state index contributed by atoms with van der Waals surface area (Å²) >= 11 is 0. The first-order valence-electron chi connectivity index (χ1n) is 9.28. The van der Waals surface area contributed by atoms with Gasteiger partial charge in [0.2, 0.25) is 11.8 Å². The fourth-order valence-corrected chi connectivity index (χ4v) is 5.89. The van der Waals surface area contributed by atoms with Crippen LogP contribution >= 0.6 is 0 Å². The highest BCUT2D eigenvalue weighted by Crippen LogP contribution is 2.26. The molecule has 1 aliphatic carbocycles. The van der Waals surface area contributed by atoms with Crippen molar-refractivity contribution in [3.8, 4) is 0 Å². The fraction of sp³-hybridized carbons (Fsp3) is 0.778. The molecule has 140 valence electrons. The van der Waals surface area contributed by atoms with Crippen molar-refractivity contribution >= 4 is 21.7 Å². The molecule has 0 aromatic heterocycles. The number of carbonyl (C=O) groups is 2. The molecule has 2 atom stereocenters. The number of hydrogen-bond donors (Lipinski definition) is 0. The van der Waals surface area contributed by atoms with Crippen molar-refractivity contribution in [1.82, 2.24) is 9.80 Å².